The number of alkyl carbamates (subject to hydrolysis) is 1. The van der Waals surface area contributed by atoms with Crippen molar-refractivity contribution < 1.29 is 23.9 Å². The van der Waals surface area contributed by atoms with Crippen molar-refractivity contribution in [1.82, 2.24) is 24.8 Å². The van der Waals surface area contributed by atoms with Crippen LogP contribution in [0.1, 0.15) is 64.9 Å². The van der Waals surface area contributed by atoms with Crippen molar-refractivity contribution in [3.05, 3.63) is 48.5 Å². The molecule has 0 bridgehead atoms. The van der Waals surface area contributed by atoms with E-state index in [1.807, 2.05) is 48.7 Å². The van der Waals surface area contributed by atoms with Crippen LogP contribution in [0, 0.1) is 11.8 Å². The van der Waals surface area contributed by atoms with Crippen LogP contribution in [0.5, 0.6) is 0 Å². The molecule has 2 heterocycles. The van der Waals surface area contributed by atoms with E-state index in [1.54, 1.807) is 13.3 Å². The molecule has 2 atom stereocenters. The molecule has 1 amide bonds. The number of nitrogens with one attached hydrogen (secondary N) is 1. The third-order valence-corrected chi connectivity index (χ3v) is 6.67. The van der Waals surface area contributed by atoms with Crippen molar-refractivity contribution in [2.24, 2.45) is 11.8 Å². The zero-order valence-electron chi connectivity index (χ0n) is 23.3. The van der Waals surface area contributed by atoms with Gasteiger partial charge >= 0.3 is 6.09 Å². The van der Waals surface area contributed by atoms with Gasteiger partial charge in [-0.3, -0.25) is 14.4 Å². The Kier molecular flexibility index (Phi) is 11.3. The average Bonchev–Trinajstić information content (AvgIpc) is 3.36. The third kappa shape index (κ3) is 8.69. The van der Waals surface area contributed by atoms with Gasteiger partial charge in [0.2, 0.25) is 5.78 Å². The first kappa shape index (κ1) is 30.4. The monoisotopic (exact) mass is 550 g/mol. The summed E-state index contributed by atoms with van der Waals surface area (Å²) in [4.78, 5) is 63.5. The van der Waals surface area contributed by atoms with Crippen molar-refractivity contribution in [2.75, 3.05) is 5.73 Å². The summed E-state index contributed by atoms with van der Waals surface area (Å²) in [5, 5.41) is 2.66. The number of aryl methyl sites for hydroxylation is 1. The summed E-state index contributed by atoms with van der Waals surface area (Å²) in [6.45, 7) is 6.31. The zero-order valence-corrected chi connectivity index (χ0v) is 23.3. The average molecular weight is 551 g/mol. The maximum atomic E-state index is 13.1. The van der Waals surface area contributed by atoms with Crippen LogP contribution in [0.3, 0.4) is 0 Å². The van der Waals surface area contributed by atoms with Crippen molar-refractivity contribution in [3.63, 3.8) is 0 Å². The molecule has 1 aromatic carbocycles. The first-order valence-corrected chi connectivity index (χ1v) is 13.7. The molecule has 3 N–H and O–H groups in total. The van der Waals surface area contributed by atoms with Crippen molar-refractivity contribution in [2.45, 2.75) is 78.5 Å². The normalized spacial score (nSPS) is 12.7. The number of aromatic nitrogens is 4. The van der Waals surface area contributed by atoms with Gasteiger partial charge in [0.15, 0.2) is 23.0 Å². The molecule has 0 radical (unpaired) electrons. The number of fused-ring (bicyclic) bond motifs is 1. The highest BCUT2D eigenvalue weighted by Crippen LogP contribution is 2.18. The fraction of sp³-hybridized carbons (Fsp3) is 0.483. The molecule has 0 saturated heterocycles. The van der Waals surface area contributed by atoms with Gasteiger partial charge in [-0.05, 0) is 37.2 Å². The van der Waals surface area contributed by atoms with E-state index in [4.69, 9.17) is 10.5 Å². The summed E-state index contributed by atoms with van der Waals surface area (Å²) in [5.74, 6) is -1.62. The SMILES string of the molecule is CCC(CC(=O)[C@H](CC(C)C)NC(=O)OCc1ccccc1)C(=O)C(=O)CCCCn1cnc2c(N)ncnc21. The van der Waals surface area contributed by atoms with Crippen molar-refractivity contribution in [3.8, 4) is 0 Å². The van der Waals surface area contributed by atoms with Crippen LogP contribution in [0.2, 0.25) is 0 Å². The van der Waals surface area contributed by atoms with E-state index in [9.17, 15) is 19.2 Å². The van der Waals surface area contributed by atoms with Gasteiger partial charge in [0.1, 0.15) is 18.5 Å². The van der Waals surface area contributed by atoms with E-state index < -0.39 is 29.6 Å². The van der Waals surface area contributed by atoms with Gasteiger partial charge in [-0.1, -0.05) is 51.1 Å². The predicted molar refractivity (Wildman–Crippen MR) is 150 cm³/mol. The number of hydrogen-bond donors (Lipinski definition) is 2. The van der Waals surface area contributed by atoms with Gasteiger partial charge in [-0.15, -0.1) is 0 Å². The highest BCUT2D eigenvalue weighted by molar-refractivity contribution is 6.38. The molecule has 0 fully saturated rings. The van der Waals surface area contributed by atoms with Crippen LogP contribution < -0.4 is 11.1 Å². The Morgan fingerprint density at radius 3 is 2.50 bits per heavy atom. The van der Waals surface area contributed by atoms with Crippen molar-refractivity contribution in [1.29, 1.82) is 0 Å². The summed E-state index contributed by atoms with van der Waals surface area (Å²) >= 11 is 0. The molecule has 0 saturated carbocycles. The molecule has 1 unspecified atom stereocenters. The fourth-order valence-electron chi connectivity index (χ4n) is 4.44. The number of benzene rings is 1. The van der Waals surface area contributed by atoms with Gasteiger partial charge in [0, 0.05) is 25.3 Å². The number of imidazole rings is 1. The smallest absolute Gasteiger partial charge is 0.408 e. The number of anilines is 1. The van der Waals surface area contributed by atoms with Crippen LogP contribution in [0.25, 0.3) is 11.2 Å². The number of carbonyl (C=O) groups is 4. The highest BCUT2D eigenvalue weighted by Gasteiger charge is 2.30. The van der Waals surface area contributed by atoms with E-state index in [0.29, 0.717) is 49.2 Å². The van der Waals surface area contributed by atoms with Crippen LogP contribution in [0.15, 0.2) is 43.0 Å². The van der Waals surface area contributed by atoms with Crippen LogP contribution in [-0.4, -0.2) is 49.0 Å². The molecule has 0 aliphatic carbocycles. The molecule has 214 valence electrons. The Balaban J connectivity index is 1.49. The Bertz CT molecular complexity index is 1310. The third-order valence-electron chi connectivity index (χ3n) is 6.67. The minimum Gasteiger partial charge on any atom is -0.445 e. The Morgan fingerprint density at radius 1 is 1.05 bits per heavy atom. The molecular weight excluding hydrogens is 512 g/mol. The Hall–Kier alpha value is -4.15. The Morgan fingerprint density at radius 2 is 1.80 bits per heavy atom. The number of hydrogen-bond acceptors (Lipinski definition) is 9. The number of Topliss-reactive ketones (excluding diaryl/α,β-unsaturated/α-hetero) is 3. The molecule has 3 aromatic rings. The van der Waals surface area contributed by atoms with Gasteiger partial charge in [0.05, 0.1) is 12.4 Å². The maximum Gasteiger partial charge on any atom is 0.408 e. The first-order chi connectivity index (χ1) is 19.2. The second kappa shape index (κ2) is 14.9. The number of unbranched alkanes of at least 4 members (excludes halogenated alkanes) is 1. The van der Waals surface area contributed by atoms with Crippen LogP contribution in [-0.2, 0) is 32.3 Å². The van der Waals surface area contributed by atoms with E-state index in [1.165, 1.54) is 6.33 Å². The lowest BCUT2D eigenvalue weighted by Crippen LogP contribution is -2.43. The van der Waals surface area contributed by atoms with Gasteiger partial charge in [-0.2, -0.15) is 0 Å². The Labute approximate surface area is 233 Å². The number of nitrogen functional groups attached to an aromatic ring is 1. The second-order valence-electron chi connectivity index (χ2n) is 10.3. The zero-order chi connectivity index (χ0) is 29.1. The number of nitrogens with two attached hydrogens (primary N) is 1. The molecular formula is C29H38N6O5. The molecule has 11 nitrogen and oxygen atoms in total. The minimum absolute atomic E-state index is 0.0820. The number of rotatable bonds is 16. The standard InChI is InChI=1S/C29H38N6O5/c1-4-21(15-24(37)22(14-19(2)3)34-29(39)40-16-20-10-6-5-7-11-20)26(38)23(36)12-8-9-13-35-18-33-25-27(30)31-17-32-28(25)35/h5-7,10-11,17-19,21-22H,4,8-9,12-16H2,1-3H3,(H,34,39)(H2,30,31,32)/t21?,22-/m0/s1. The molecule has 0 aliphatic heterocycles. The highest BCUT2D eigenvalue weighted by atomic mass is 16.5. The fourth-order valence-corrected chi connectivity index (χ4v) is 4.44. The summed E-state index contributed by atoms with van der Waals surface area (Å²) in [6, 6.07) is 8.43. The minimum atomic E-state index is -0.803. The first-order valence-electron chi connectivity index (χ1n) is 13.7. The lowest BCUT2D eigenvalue weighted by atomic mass is 9.87. The van der Waals surface area contributed by atoms with Gasteiger partial charge in [-0.25, -0.2) is 19.7 Å². The molecule has 0 spiro atoms. The number of carbonyl (C=O) groups excluding carboxylic acids is 4. The van der Waals surface area contributed by atoms with Gasteiger partial charge < -0.3 is 20.4 Å². The number of nitrogens with zero attached hydrogens (tertiary/aromatic N) is 4. The molecule has 2 aromatic heterocycles. The topological polar surface area (TPSA) is 159 Å². The summed E-state index contributed by atoms with van der Waals surface area (Å²) in [7, 11) is 0. The predicted octanol–water partition coefficient (Wildman–Crippen LogP) is 4.04. The molecule has 11 heteroatoms. The van der Waals surface area contributed by atoms with Gasteiger partial charge in [0.25, 0.3) is 0 Å². The summed E-state index contributed by atoms with van der Waals surface area (Å²) in [5.41, 5.74) is 7.79. The number of amides is 1. The lowest BCUT2D eigenvalue weighted by molar-refractivity contribution is -0.140. The maximum absolute atomic E-state index is 13.1. The van der Waals surface area contributed by atoms with E-state index in [2.05, 4.69) is 20.3 Å². The number of ketones is 3. The lowest BCUT2D eigenvalue weighted by Gasteiger charge is -2.21. The van der Waals surface area contributed by atoms with E-state index >= 15 is 0 Å². The second-order valence-corrected chi connectivity index (χ2v) is 10.3. The quantitative estimate of drug-likeness (QED) is 0.198. The van der Waals surface area contributed by atoms with Crippen molar-refractivity contribution >= 4 is 40.4 Å². The molecule has 3 rings (SSSR count). The van der Waals surface area contributed by atoms with E-state index in [0.717, 1.165) is 5.56 Å². The molecule has 40 heavy (non-hydrogen) atoms. The summed E-state index contributed by atoms with van der Waals surface area (Å²) in [6.07, 6.45) is 4.17. The number of ether oxygens (including phenoxy) is 1. The summed E-state index contributed by atoms with van der Waals surface area (Å²) < 4.78 is 7.11. The van der Waals surface area contributed by atoms with E-state index in [-0.39, 0.29) is 31.1 Å². The largest absolute Gasteiger partial charge is 0.445 e. The van der Waals surface area contributed by atoms with Crippen LogP contribution >= 0.6 is 0 Å². The molecule has 0 aliphatic rings. The van der Waals surface area contributed by atoms with Crippen LogP contribution in [0.4, 0.5) is 10.6 Å².